The number of amides is 1. The van der Waals surface area contributed by atoms with Gasteiger partial charge in [0.1, 0.15) is 5.82 Å². The van der Waals surface area contributed by atoms with Gasteiger partial charge >= 0.3 is 0 Å². The molecule has 2 aromatic carbocycles. The summed E-state index contributed by atoms with van der Waals surface area (Å²) >= 11 is 3.02. The van der Waals surface area contributed by atoms with Crippen molar-refractivity contribution in [1.29, 1.82) is 0 Å². The van der Waals surface area contributed by atoms with Crippen LogP contribution in [0.4, 0.5) is 10.1 Å². The summed E-state index contributed by atoms with van der Waals surface area (Å²) in [5, 5.41) is 15.5. The third kappa shape index (κ3) is 4.18. The van der Waals surface area contributed by atoms with Crippen molar-refractivity contribution < 1.29 is 9.18 Å². The highest BCUT2D eigenvalue weighted by molar-refractivity contribution is 7.99. The zero-order valence-electron chi connectivity index (χ0n) is 15.9. The summed E-state index contributed by atoms with van der Waals surface area (Å²) in [5.74, 6) is 0.476. The number of anilines is 1. The van der Waals surface area contributed by atoms with Gasteiger partial charge in [-0.2, -0.15) is 0 Å². The normalized spacial score (nSPS) is 11.3. The number of fused-ring (bicyclic) bond motifs is 1. The zero-order chi connectivity index (χ0) is 20.4. The Labute approximate surface area is 176 Å². The van der Waals surface area contributed by atoms with E-state index in [0.717, 1.165) is 16.8 Å². The molecule has 0 spiro atoms. The Balaban J connectivity index is 1.54. The van der Waals surface area contributed by atoms with E-state index in [2.05, 4.69) is 51.4 Å². The summed E-state index contributed by atoms with van der Waals surface area (Å²) in [6.45, 7) is 4.15. The fourth-order valence-corrected chi connectivity index (χ4v) is 4.84. The van der Waals surface area contributed by atoms with Gasteiger partial charge in [-0.3, -0.25) is 9.36 Å². The monoisotopic (exact) mass is 426 g/mol. The maximum Gasteiger partial charge on any atom is 0.234 e. The molecule has 8 heteroatoms. The number of thiophene rings is 1. The van der Waals surface area contributed by atoms with Gasteiger partial charge in [0.2, 0.25) is 5.91 Å². The quantitative estimate of drug-likeness (QED) is 0.407. The maximum atomic E-state index is 13.0. The van der Waals surface area contributed by atoms with Crippen LogP contribution in [0, 0.1) is 5.82 Å². The van der Waals surface area contributed by atoms with Crippen molar-refractivity contribution in [1.82, 2.24) is 14.8 Å². The van der Waals surface area contributed by atoms with Crippen molar-refractivity contribution in [2.24, 2.45) is 0 Å². The standard InChI is InChI=1S/C21H19FN4OS2/c1-13(2)26-20(17-11-28-18-6-4-3-5-16(17)18)24-25-21(26)29-12-19(27)23-15-9-7-14(22)8-10-15/h3-11,13H,12H2,1-2H3,(H,23,27). The second-order valence-corrected chi connectivity index (χ2v) is 8.61. The Hall–Kier alpha value is -2.71. The summed E-state index contributed by atoms with van der Waals surface area (Å²) in [7, 11) is 0. The predicted molar refractivity (Wildman–Crippen MR) is 117 cm³/mol. The predicted octanol–water partition coefficient (Wildman–Crippen LogP) is 5.61. The van der Waals surface area contributed by atoms with Crippen LogP contribution in [0.25, 0.3) is 21.5 Å². The minimum atomic E-state index is -0.337. The van der Waals surface area contributed by atoms with Gasteiger partial charge in [-0.15, -0.1) is 21.5 Å². The largest absolute Gasteiger partial charge is 0.325 e. The molecule has 1 N–H and O–H groups in total. The Morgan fingerprint density at radius 3 is 2.69 bits per heavy atom. The third-order valence-electron chi connectivity index (χ3n) is 4.36. The molecule has 2 aromatic heterocycles. The lowest BCUT2D eigenvalue weighted by atomic mass is 10.1. The van der Waals surface area contributed by atoms with E-state index >= 15 is 0 Å². The highest BCUT2D eigenvalue weighted by atomic mass is 32.2. The third-order valence-corrected chi connectivity index (χ3v) is 6.27. The number of nitrogens with one attached hydrogen (secondary N) is 1. The minimum Gasteiger partial charge on any atom is -0.325 e. The van der Waals surface area contributed by atoms with Crippen LogP contribution in [-0.2, 0) is 4.79 Å². The summed E-state index contributed by atoms with van der Waals surface area (Å²) in [6, 6.07) is 14.1. The highest BCUT2D eigenvalue weighted by Gasteiger charge is 2.20. The number of thioether (sulfide) groups is 1. The van der Waals surface area contributed by atoms with Gasteiger partial charge in [0.15, 0.2) is 11.0 Å². The van der Waals surface area contributed by atoms with Gasteiger partial charge in [-0.05, 0) is 44.2 Å². The average molecular weight is 427 g/mol. The van der Waals surface area contributed by atoms with Crippen molar-refractivity contribution in [3.05, 3.63) is 59.7 Å². The summed E-state index contributed by atoms with van der Waals surface area (Å²) in [6.07, 6.45) is 0. The van der Waals surface area contributed by atoms with E-state index in [0.29, 0.717) is 10.8 Å². The summed E-state index contributed by atoms with van der Waals surface area (Å²) in [4.78, 5) is 12.3. The molecule has 0 saturated carbocycles. The van der Waals surface area contributed by atoms with E-state index in [4.69, 9.17) is 0 Å². The van der Waals surface area contributed by atoms with Gasteiger partial charge in [-0.25, -0.2) is 4.39 Å². The lowest BCUT2D eigenvalue weighted by molar-refractivity contribution is -0.113. The van der Waals surface area contributed by atoms with Crippen LogP contribution in [0.5, 0.6) is 0 Å². The Bertz CT molecular complexity index is 1150. The van der Waals surface area contributed by atoms with E-state index in [1.165, 1.54) is 40.7 Å². The van der Waals surface area contributed by atoms with Gasteiger partial charge in [0.25, 0.3) is 0 Å². The number of halogens is 1. The lowest BCUT2D eigenvalue weighted by Gasteiger charge is -2.13. The van der Waals surface area contributed by atoms with Gasteiger partial charge < -0.3 is 5.32 Å². The van der Waals surface area contributed by atoms with Crippen LogP contribution < -0.4 is 5.32 Å². The van der Waals surface area contributed by atoms with Gasteiger partial charge in [0, 0.05) is 32.8 Å². The molecule has 0 atom stereocenters. The number of rotatable bonds is 6. The van der Waals surface area contributed by atoms with Crippen LogP contribution in [-0.4, -0.2) is 26.4 Å². The van der Waals surface area contributed by atoms with E-state index in [-0.39, 0.29) is 23.5 Å². The fraction of sp³-hybridized carbons (Fsp3) is 0.190. The van der Waals surface area contributed by atoms with Crippen LogP contribution in [0.2, 0.25) is 0 Å². The van der Waals surface area contributed by atoms with E-state index in [1.54, 1.807) is 11.3 Å². The maximum absolute atomic E-state index is 13.0. The second kappa shape index (κ2) is 8.34. The second-order valence-electron chi connectivity index (χ2n) is 6.76. The Kier molecular flexibility index (Phi) is 5.64. The number of hydrogen-bond donors (Lipinski definition) is 1. The molecule has 0 aliphatic heterocycles. The molecular weight excluding hydrogens is 407 g/mol. The molecule has 1 amide bonds. The van der Waals surface area contributed by atoms with Gasteiger partial charge in [0.05, 0.1) is 5.75 Å². The first-order valence-electron chi connectivity index (χ1n) is 9.12. The molecule has 0 fully saturated rings. The molecule has 4 aromatic rings. The van der Waals surface area contributed by atoms with Crippen LogP contribution in [0.1, 0.15) is 19.9 Å². The number of nitrogens with zero attached hydrogens (tertiary/aromatic N) is 3. The Morgan fingerprint density at radius 1 is 1.17 bits per heavy atom. The topological polar surface area (TPSA) is 59.8 Å². The molecule has 0 aliphatic rings. The average Bonchev–Trinajstić information content (AvgIpc) is 3.32. The molecule has 0 unspecified atom stereocenters. The molecule has 0 aliphatic carbocycles. The first kappa shape index (κ1) is 19.6. The van der Waals surface area contributed by atoms with Crippen molar-refractivity contribution >= 4 is 44.8 Å². The first-order chi connectivity index (χ1) is 14.0. The molecule has 0 radical (unpaired) electrons. The molecule has 2 heterocycles. The Morgan fingerprint density at radius 2 is 1.93 bits per heavy atom. The molecule has 0 saturated heterocycles. The highest BCUT2D eigenvalue weighted by Crippen LogP contribution is 2.35. The van der Waals surface area contributed by atoms with E-state index < -0.39 is 0 Å². The van der Waals surface area contributed by atoms with Crippen molar-refractivity contribution in [2.45, 2.75) is 25.0 Å². The summed E-state index contributed by atoms with van der Waals surface area (Å²) < 4.78 is 16.3. The number of benzene rings is 2. The van der Waals surface area contributed by atoms with E-state index in [1.807, 2.05) is 12.1 Å². The molecular formula is C21H19FN4OS2. The van der Waals surface area contributed by atoms with Crippen molar-refractivity contribution in [3.8, 4) is 11.4 Å². The number of carbonyl (C=O) groups excluding carboxylic acids is 1. The molecule has 148 valence electrons. The van der Waals surface area contributed by atoms with Crippen LogP contribution in [0.15, 0.2) is 59.1 Å². The molecule has 0 bridgehead atoms. The fourth-order valence-electron chi connectivity index (χ4n) is 3.04. The minimum absolute atomic E-state index is 0.140. The molecule has 29 heavy (non-hydrogen) atoms. The lowest BCUT2D eigenvalue weighted by Crippen LogP contribution is -2.15. The molecule has 5 nitrogen and oxygen atoms in total. The molecule has 4 rings (SSSR count). The van der Waals surface area contributed by atoms with Gasteiger partial charge in [-0.1, -0.05) is 30.0 Å². The smallest absolute Gasteiger partial charge is 0.234 e. The number of carbonyl (C=O) groups is 1. The zero-order valence-corrected chi connectivity index (χ0v) is 17.6. The van der Waals surface area contributed by atoms with Crippen molar-refractivity contribution in [2.75, 3.05) is 11.1 Å². The number of aromatic nitrogens is 3. The van der Waals surface area contributed by atoms with Crippen molar-refractivity contribution in [3.63, 3.8) is 0 Å². The van der Waals surface area contributed by atoms with Crippen LogP contribution >= 0.6 is 23.1 Å². The SMILES string of the molecule is CC(C)n1c(SCC(=O)Nc2ccc(F)cc2)nnc1-c1csc2ccccc12. The van der Waals surface area contributed by atoms with Crippen LogP contribution in [0.3, 0.4) is 0 Å². The summed E-state index contributed by atoms with van der Waals surface area (Å²) in [5.41, 5.74) is 1.61. The van der Waals surface area contributed by atoms with E-state index in [9.17, 15) is 9.18 Å². The number of hydrogen-bond acceptors (Lipinski definition) is 5. The first-order valence-corrected chi connectivity index (χ1v) is 11.0.